The first-order valence-corrected chi connectivity index (χ1v) is 6.82. The number of nitrogens with two attached hydrogens (primary N) is 1. The van der Waals surface area contributed by atoms with E-state index in [-0.39, 0.29) is 6.10 Å². The first-order valence-electron chi connectivity index (χ1n) is 6.82. The van der Waals surface area contributed by atoms with E-state index in [9.17, 15) is 0 Å². The molecule has 1 saturated carbocycles. The predicted molar refractivity (Wildman–Crippen MR) is 72.6 cm³/mol. The average molecular weight is 244 g/mol. The molecule has 0 saturated heterocycles. The third-order valence-electron chi connectivity index (χ3n) is 3.99. The molecule has 0 aromatic heterocycles. The molecule has 1 aliphatic carbocycles. The summed E-state index contributed by atoms with van der Waals surface area (Å²) in [4.78, 5) is 4.73. The summed E-state index contributed by atoms with van der Waals surface area (Å²) >= 11 is 0. The Labute approximate surface area is 108 Å². The number of nitrogens with zero attached hydrogens (tertiary/aromatic N) is 1. The summed E-state index contributed by atoms with van der Waals surface area (Å²) in [7, 11) is 0. The third-order valence-corrected chi connectivity index (χ3v) is 3.99. The SMILES string of the molecule is NCC1CCC2N=C(Cc3ccccc3)OC2C1. The maximum absolute atomic E-state index is 6.00. The van der Waals surface area contributed by atoms with Crippen LogP contribution in [-0.2, 0) is 11.2 Å². The zero-order valence-corrected chi connectivity index (χ0v) is 10.6. The summed E-state index contributed by atoms with van der Waals surface area (Å²) in [6.07, 6.45) is 4.50. The Morgan fingerprint density at radius 1 is 1.22 bits per heavy atom. The molecular formula is C15H20N2O. The van der Waals surface area contributed by atoms with Gasteiger partial charge < -0.3 is 10.5 Å². The van der Waals surface area contributed by atoms with Gasteiger partial charge in [0.1, 0.15) is 6.10 Å². The second-order valence-electron chi connectivity index (χ2n) is 5.32. The van der Waals surface area contributed by atoms with Crippen LogP contribution in [-0.4, -0.2) is 24.6 Å². The van der Waals surface area contributed by atoms with Gasteiger partial charge in [-0.25, -0.2) is 4.99 Å². The number of hydrogen-bond donors (Lipinski definition) is 1. The fourth-order valence-corrected chi connectivity index (χ4v) is 2.93. The minimum atomic E-state index is 0.283. The monoisotopic (exact) mass is 244 g/mol. The van der Waals surface area contributed by atoms with Gasteiger partial charge in [-0.1, -0.05) is 30.3 Å². The first kappa shape index (κ1) is 11.7. The summed E-state index contributed by atoms with van der Waals surface area (Å²) in [6, 6.07) is 10.8. The number of ether oxygens (including phenoxy) is 1. The van der Waals surface area contributed by atoms with E-state index >= 15 is 0 Å². The minimum absolute atomic E-state index is 0.283. The molecule has 3 rings (SSSR count). The van der Waals surface area contributed by atoms with Crippen LogP contribution in [0.2, 0.25) is 0 Å². The van der Waals surface area contributed by atoms with Gasteiger partial charge in [0.05, 0.1) is 6.04 Å². The Hall–Kier alpha value is -1.35. The highest BCUT2D eigenvalue weighted by Gasteiger charge is 2.36. The van der Waals surface area contributed by atoms with Gasteiger partial charge >= 0.3 is 0 Å². The zero-order valence-electron chi connectivity index (χ0n) is 10.6. The van der Waals surface area contributed by atoms with Crippen LogP contribution in [0.1, 0.15) is 24.8 Å². The van der Waals surface area contributed by atoms with Gasteiger partial charge in [0.25, 0.3) is 0 Å². The van der Waals surface area contributed by atoms with E-state index in [1.807, 2.05) is 6.07 Å². The number of fused-ring (bicyclic) bond motifs is 1. The lowest BCUT2D eigenvalue weighted by Gasteiger charge is -2.28. The van der Waals surface area contributed by atoms with Crippen LogP contribution in [0.3, 0.4) is 0 Å². The van der Waals surface area contributed by atoms with Gasteiger partial charge in [-0.2, -0.15) is 0 Å². The van der Waals surface area contributed by atoms with Crippen molar-refractivity contribution in [1.82, 2.24) is 0 Å². The van der Waals surface area contributed by atoms with Crippen molar-refractivity contribution in [3.05, 3.63) is 35.9 Å². The van der Waals surface area contributed by atoms with Gasteiger partial charge in [-0.05, 0) is 37.3 Å². The molecule has 18 heavy (non-hydrogen) atoms. The molecule has 3 atom stereocenters. The minimum Gasteiger partial charge on any atom is -0.475 e. The molecule has 0 spiro atoms. The average Bonchev–Trinajstić information content (AvgIpc) is 2.80. The number of rotatable bonds is 3. The third kappa shape index (κ3) is 2.41. The molecule has 1 aromatic rings. The highest BCUT2D eigenvalue weighted by Crippen LogP contribution is 2.32. The molecule has 0 amide bonds. The molecule has 3 unspecified atom stereocenters. The normalized spacial score (nSPS) is 30.5. The highest BCUT2D eigenvalue weighted by atomic mass is 16.5. The van der Waals surface area contributed by atoms with Crippen LogP contribution in [0.15, 0.2) is 35.3 Å². The van der Waals surface area contributed by atoms with E-state index in [0.717, 1.165) is 31.7 Å². The Morgan fingerprint density at radius 3 is 2.83 bits per heavy atom. The predicted octanol–water partition coefficient (Wildman–Crippen LogP) is 2.15. The molecule has 1 aliphatic heterocycles. The van der Waals surface area contributed by atoms with Crippen LogP contribution in [0.5, 0.6) is 0 Å². The van der Waals surface area contributed by atoms with Crippen LogP contribution >= 0.6 is 0 Å². The topological polar surface area (TPSA) is 47.6 Å². The molecule has 1 heterocycles. The van der Waals surface area contributed by atoms with Crippen LogP contribution in [0.4, 0.5) is 0 Å². The van der Waals surface area contributed by atoms with E-state index in [1.54, 1.807) is 0 Å². The molecule has 2 aliphatic rings. The van der Waals surface area contributed by atoms with Gasteiger partial charge in [-0.3, -0.25) is 0 Å². The smallest absolute Gasteiger partial charge is 0.188 e. The van der Waals surface area contributed by atoms with E-state index in [0.29, 0.717) is 12.0 Å². The Morgan fingerprint density at radius 2 is 2.06 bits per heavy atom. The molecule has 96 valence electrons. The van der Waals surface area contributed by atoms with Gasteiger partial charge in [0.15, 0.2) is 5.90 Å². The van der Waals surface area contributed by atoms with E-state index < -0.39 is 0 Å². The summed E-state index contributed by atoms with van der Waals surface area (Å²) < 4.78 is 6.00. The lowest BCUT2D eigenvalue weighted by Crippen LogP contribution is -2.34. The van der Waals surface area contributed by atoms with Crippen molar-refractivity contribution in [2.75, 3.05) is 6.54 Å². The second kappa shape index (κ2) is 5.11. The van der Waals surface area contributed by atoms with E-state index in [1.165, 1.54) is 12.0 Å². The second-order valence-corrected chi connectivity index (χ2v) is 5.32. The number of aliphatic imine (C=N–C) groups is 1. The van der Waals surface area contributed by atoms with Crippen molar-refractivity contribution in [3.8, 4) is 0 Å². The zero-order chi connectivity index (χ0) is 12.4. The van der Waals surface area contributed by atoms with Crippen LogP contribution in [0.25, 0.3) is 0 Å². The summed E-state index contributed by atoms with van der Waals surface area (Å²) in [5.74, 6) is 1.53. The Kier molecular flexibility index (Phi) is 3.33. The lowest BCUT2D eigenvalue weighted by atomic mass is 9.84. The van der Waals surface area contributed by atoms with Crippen molar-refractivity contribution >= 4 is 5.90 Å². The van der Waals surface area contributed by atoms with Crippen molar-refractivity contribution in [2.45, 2.75) is 37.8 Å². The molecular weight excluding hydrogens is 224 g/mol. The molecule has 0 bridgehead atoms. The molecule has 0 radical (unpaired) electrons. The molecule has 2 N–H and O–H groups in total. The van der Waals surface area contributed by atoms with Crippen LogP contribution < -0.4 is 5.73 Å². The van der Waals surface area contributed by atoms with Gasteiger partial charge in [0.2, 0.25) is 0 Å². The quantitative estimate of drug-likeness (QED) is 0.885. The molecule has 3 nitrogen and oxygen atoms in total. The van der Waals surface area contributed by atoms with Crippen molar-refractivity contribution < 1.29 is 4.74 Å². The molecule has 1 fully saturated rings. The van der Waals surface area contributed by atoms with E-state index in [2.05, 4.69) is 24.3 Å². The first-order chi connectivity index (χ1) is 8.85. The number of benzene rings is 1. The molecule has 3 heteroatoms. The maximum atomic E-state index is 6.00. The molecule has 1 aromatic carbocycles. The summed E-state index contributed by atoms with van der Waals surface area (Å²) in [5.41, 5.74) is 7.02. The highest BCUT2D eigenvalue weighted by molar-refractivity contribution is 5.80. The summed E-state index contributed by atoms with van der Waals surface area (Å²) in [6.45, 7) is 0.778. The van der Waals surface area contributed by atoms with Crippen molar-refractivity contribution in [2.24, 2.45) is 16.6 Å². The fourth-order valence-electron chi connectivity index (χ4n) is 2.93. The standard InChI is InChI=1S/C15H20N2O/c16-10-12-6-7-13-14(8-12)18-15(17-13)9-11-4-2-1-3-5-11/h1-5,12-14H,6-10,16H2. The van der Waals surface area contributed by atoms with Gasteiger partial charge in [-0.15, -0.1) is 0 Å². The Bertz CT molecular complexity index is 429. The summed E-state index contributed by atoms with van der Waals surface area (Å²) in [5, 5.41) is 0. The van der Waals surface area contributed by atoms with Gasteiger partial charge in [0, 0.05) is 6.42 Å². The fraction of sp³-hybridized carbons (Fsp3) is 0.533. The van der Waals surface area contributed by atoms with E-state index in [4.69, 9.17) is 15.5 Å². The number of hydrogen-bond acceptors (Lipinski definition) is 3. The maximum Gasteiger partial charge on any atom is 0.188 e. The Balaban J connectivity index is 1.63. The van der Waals surface area contributed by atoms with Crippen LogP contribution in [0, 0.1) is 5.92 Å². The van der Waals surface area contributed by atoms with Crippen molar-refractivity contribution in [1.29, 1.82) is 0 Å². The lowest BCUT2D eigenvalue weighted by molar-refractivity contribution is 0.121. The van der Waals surface area contributed by atoms with Crippen molar-refractivity contribution in [3.63, 3.8) is 0 Å². The largest absolute Gasteiger partial charge is 0.475 e.